The molecule has 1 aromatic heterocycles. The Morgan fingerprint density at radius 1 is 1.44 bits per heavy atom. The summed E-state index contributed by atoms with van der Waals surface area (Å²) in [4.78, 5) is 7.03. The third-order valence-electron chi connectivity index (χ3n) is 3.67. The first-order valence-electron chi connectivity index (χ1n) is 7.09. The Morgan fingerprint density at radius 2 is 2.17 bits per heavy atom. The van der Waals surface area contributed by atoms with Gasteiger partial charge in [-0.05, 0) is 18.8 Å². The summed E-state index contributed by atoms with van der Waals surface area (Å²) >= 11 is 1.55. The molecule has 0 saturated heterocycles. The normalized spacial score (nSPS) is 17.1. The molecule has 18 heavy (non-hydrogen) atoms. The van der Waals surface area contributed by atoms with Crippen LogP contribution in [0.15, 0.2) is 5.38 Å². The standard InChI is InChI=1S/C14H25N3S/c1-11(2)9-17(13-5-3-4-6-13)8-7-12-10-18-14(15)16-12/h10-11,13H,3-9H2,1-2H3,(H2,15,16). The van der Waals surface area contributed by atoms with E-state index in [0.29, 0.717) is 5.13 Å². The number of hydrogen-bond donors (Lipinski definition) is 1. The largest absolute Gasteiger partial charge is 0.375 e. The Hall–Kier alpha value is -0.610. The SMILES string of the molecule is CC(C)CN(CCc1csc(N)n1)C1CCCC1. The number of hydrogen-bond acceptors (Lipinski definition) is 4. The van der Waals surface area contributed by atoms with Crippen LogP contribution >= 0.6 is 11.3 Å². The fourth-order valence-corrected chi connectivity index (χ4v) is 3.45. The molecule has 0 unspecified atom stereocenters. The summed E-state index contributed by atoms with van der Waals surface area (Å²) in [6.07, 6.45) is 6.61. The summed E-state index contributed by atoms with van der Waals surface area (Å²) in [5.74, 6) is 0.742. The molecule has 0 atom stereocenters. The van der Waals surface area contributed by atoms with Crippen molar-refractivity contribution in [2.75, 3.05) is 18.8 Å². The zero-order valence-corrected chi connectivity index (χ0v) is 12.4. The predicted molar refractivity (Wildman–Crippen MR) is 78.9 cm³/mol. The molecule has 0 bridgehead atoms. The van der Waals surface area contributed by atoms with Gasteiger partial charge < -0.3 is 5.73 Å². The first kappa shape index (κ1) is 13.8. The molecule has 0 radical (unpaired) electrons. The summed E-state index contributed by atoms with van der Waals surface area (Å²) < 4.78 is 0. The fourth-order valence-electron chi connectivity index (χ4n) is 2.86. The van der Waals surface area contributed by atoms with Crippen molar-refractivity contribution in [3.05, 3.63) is 11.1 Å². The van der Waals surface area contributed by atoms with Crippen molar-refractivity contribution in [2.24, 2.45) is 5.92 Å². The van der Waals surface area contributed by atoms with Gasteiger partial charge in [-0.1, -0.05) is 26.7 Å². The Kier molecular flexibility index (Phi) is 5.01. The lowest BCUT2D eigenvalue weighted by atomic mass is 10.1. The van der Waals surface area contributed by atoms with Gasteiger partial charge in [0.1, 0.15) is 0 Å². The van der Waals surface area contributed by atoms with Gasteiger partial charge in [0, 0.05) is 30.9 Å². The van der Waals surface area contributed by atoms with E-state index >= 15 is 0 Å². The molecule has 2 rings (SSSR count). The molecule has 0 amide bonds. The molecular weight excluding hydrogens is 242 g/mol. The van der Waals surface area contributed by atoms with Gasteiger partial charge in [-0.25, -0.2) is 4.98 Å². The second-order valence-corrected chi connectivity index (χ2v) is 6.64. The smallest absolute Gasteiger partial charge is 0.180 e. The van der Waals surface area contributed by atoms with Crippen LogP contribution in [0.3, 0.4) is 0 Å². The van der Waals surface area contributed by atoms with Crippen molar-refractivity contribution in [1.29, 1.82) is 0 Å². The number of nitrogens with two attached hydrogens (primary N) is 1. The Balaban J connectivity index is 1.87. The minimum Gasteiger partial charge on any atom is -0.375 e. The predicted octanol–water partition coefficient (Wildman–Crippen LogP) is 3.17. The van der Waals surface area contributed by atoms with E-state index < -0.39 is 0 Å². The van der Waals surface area contributed by atoms with Crippen molar-refractivity contribution < 1.29 is 0 Å². The Labute approximate surface area is 114 Å². The van der Waals surface area contributed by atoms with Crippen LogP contribution in [0.1, 0.15) is 45.2 Å². The molecule has 0 spiro atoms. The highest BCUT2D eigenvalue weighted by Gasteiger charge is 2.22. The molecule has 1 fully saturated rings. The zero-order chi connectivity index (χ0) is 13.0. The number of nitrogen functional groups attached to an aromatic ring is 1. The number of nitrogens with zero attached hydrogens (tertiary/aromatic N) is 2. The maximum absolute atomic E-state index is 5.68. The number of anilines is 1. The number of aromatic nitrogens is 1. The first-order chi connectivity index (χ1) is 8.65. The van der Waals surface area contributed by atoms with Crippen LogP contribution in [0.2, 0.25) is 0 Å². The van der Waals surface area contributed by atoms with Gasteiger partial charge in [0.15, 0.2) is 5.13 Å². The monoisotopic (exact) mass is 267 g/mol. The molecule has 1 aliphatic carbocycles. The molecule has 4 heteroatoms. The van der Waals surface area contributed by atoms with E-state index in [9.17, 15) is 0 Å². The van der Waals surface area contributed by atoms with Crippen molar-refractivity contribution in [1.82, 2.24) is 9.88 Å². The maximum Gasteiger partial charge on any atom is 0.180 e. The van der Waals surface area contributed by atoms with Crippen LogP contribution in [0.4, 0.5) is 5.13 Å². The second kappa shape index (κ2) is 6.53. The minimum absolute atomic E-state index is 0.696. The van der Waals surface area contributed by atoms with Gasteiger partial charge in [-0.3, -0.25) is 4.90 Å². The molecule has 0 aromatic carbocycles. The number of thiazole rings is 1. The molecule has 0 aliphatic heterocycles. The van der Waals surface area contributed by atoms with E-state index in [1.54, 1.807) is 11.3 Å². The molecule has 102 valence electrons. The van der Waals surface area contributed by atoms with Gasteiger partial charge in [-0.15, -0.1) is 11.3 Å². The van der Waals surface area contributed by atoms with Gasteiger partial charge in [0.25, 0.3) is 0 Å². The van der Waals surface area contributed by atoms with Gasteiger partial charge in [-0.2, -0.15) is 0 Å². The lowest BCUT2D eigenvalue weighted by Crippen LogP contribution is -2.37. The van der Waals surface area contributed by atoms with E-state index in [1.165, 1.54) is 32.2 Å². The molecule has 1 aliphatic rings. The van der Waals surface area contributed by atoms with Gasteiger partial charge in [0.2, 0.25) is 0 Å². The fraction of sp³-hybridized carbons (Fsp3) is 0.786. The van der Waals surface area contributed by atoms with Crippen LogP contribution in [0, 0.1) is 5.92 Å². The highest BCUT2D eigenvalue weighted by Crippen LogP contribution is 2.24. The second-order valence-electron chi connectivity index (χ2n) is 5.75. The minimum atomic E-state index is 0.696. The highest BCUT2D eigenvalue weighted by molar-refractivity contribution is 7.13. The lowest BCUT2D eigenvalue weighted by molar-refractivity contribution is 0.179. The summed E-state index contributed by atoms with van der Waals surface area (Å²) in [6, 6.07) is 0.809. The molecule has 2 N–H and O–H groups in total. The Bertz CT molecular complexity index is 356. The van der Waals surface area contributed by atoms with Crippen molar-refractivity contribution in [3.63, 3.8) is 0 Å². The van der Waals surface area contributed by atoms with Gasteiger partial charge >= 0.3 is 0 Å². The quantitative estimate of drug-likeness (QED) is 0.861. The van der Waals surface area contributed by atoms with Crippen LogP contribution in [0.5, 0.6) is 0 Å². The van der Waals surface area contributed by atoms with E-state index in [0.717, 1.165) is 30.6 Å². The number of rotatable bonds is 6. The molecule has 1 saturated carbocycles. The summed E-state index contributed by atoms with van der Waals surface area (Å²) in [7, 11) is 0. The van der Waals surface area contributed by atoms with E-state index in [1.807, 2.05) is 0 Å². The average Bonchev–Trinajstić information content (AvgIpc) is 2.94. The third kappa shape index (κ3) is 3.95. The van der Waals surface area contributed by atoms with Crippen molar-refractivity contribution >= 4 is 16.5 Å². The molecule has 3 nitrogen and oxygen atoms in total. The van der Waals surface area contributed by atoms with Crippen LogP contribution in [-0.2, 0) is 6.42 Å². The third-order valence-corrected chi connectivity index (χ3v) is 4.39. The molecular formula is C14H25N3S. The van der Waals surface area contributed by atoms with Crippen molar-refractivity contribution in [2.45, 2.75) is 52.0 Å². The molecule has 1 aromatic rings. The van der Waals surface area contributed by atoms with Gasteiger partial charge in [0.05, 0.1) is 5.69 Å². The van der Waals surface area contributed by atoms with Crippen LogP contribution < -0.4 is 5.73 Å². The maximum atomic E-state index is 5.68. The summed E-state index contributed by atoms with van der Waals surface area (Å²) in [6.45, 7) is 6.96. The zero-order valence-electron chi connectivity index (χ0n) is 11.6. The van der Waals surface area contributed by atoms with E-state index in [2.05, 4.69) is 29.1 Å². The van der Waals surface area contributed by atoms with E-state index in [-0.39, 0.29) is 0 Å². The highest BCUT2D eigenvalue weighted by atomic mass is 32.1. The Morgan fingerprint density at radius 3 is 2.72 bits per heavy atom. The van der Waals surface area contributed by atoms with E-state index in [4.69, 9.17) is 5.73 Å². The topological polar surface area (TPSA) is 42.1 Å². The van der Waals surface area contributed by atoms with Crippen molar-refractivity contribution in [3.8, 4) is 0 Å². The van der Waals surface area contributed by atoms with Crippen LogP contribution in [-0.4, -0.2) is 29.0 Å². The summed E-state index contributed by atoms with van der Waals surface area (Å²) in [5.41, 5.74) is 6.84. The lowest BCUT2D eigenvalue weighted by Gasteiger charge is -2.30. The van der Waals surface area contributed by atoms with Crippen LogP contribution in [0.25, 0.3) is 0 Å². The summed E-state index contributed by atoms with van der Waals surface area (Å²) in [5, 5.41) is 2.79. The first-order valence-corrected chi connectivity index (χ1v) is 7.97. The average molecular weight is 267 g/mol. The molecule has 1 heterocycles.